The Morgan fingerprint density at radius 1 is 0.903 bits per heavy atom. The lowest BCUT2D eigenvalue weighted by molar-refractivity contribution is -0.142. The lowest BCUT2D eigenvalue weighted by atomic mass is 9.89. The number of rotatable bonds is 14. The topological polar surface area (TPSA) is 166 Å². The number of nitrogens with one attached hydrogen (secondary N) is 2. The van der Waals surface area contributed by atoms with Crippen LogP contribution in [-0.2, 0) is 14.4 Å². The molecule has 2 aliphatic heterocycles. The Labute approximate surface area is 428 Å². The van der Waals surface area contributed by atoms with Crippen LogP contribution in [0.2, 0.25) is 5.02 Å². The first kappa shape index (κ1) is 48.7. The fraction of sp³-hybridized carbons (Fsp3) is 0.382. The van der Waals surface area contributed by atoms with Gasteiger partial charge in [0.25, 0.3) is 0 Å². The number of fused-ring (bicyclic) bond motifs is 3. The number of thiophene rings is 1. The molecule has 1 saturated heterocycles. The van der Waals surface area contributed by atoms with Crippen LogP contribution < -0.4 is 15.4 Å². The molecule has 0 radical (unpaired) electrons. The highest BCUT2D eigenvalue weighted by molar-refractivity contribution is 7.15. The van der Waals surface area contributed by atoms with Gasteiger partial charge in [0.2, 0.25) is 17.7 Å². The fourth-order valence-corrected chi connectivity index (χ4v) is 11.7. The number of hydrogen-bond acceptors (Lipinski definition) is 10. The number of nitrogens with zero attached hydrogens (tertiary/aromatic N) is 9. The van der Waals surface area contributed by atoms with E-state index in [1.54, 1.807) is 33.3 Å². The van der Waals surface area contributed by atoms with Crippen LogP contribution in [0.3, 0.4) is 0 Å². The van der Waals surface area contributed by atoms with Crippen LogP contribution in [0.15, 0.2) is 103 Å². The van der Waals surface area contributed by atoms with Gasteiger partial charge in [-0.3, -0.25) is 28.6 Å². The Kier molecular flexibility index (Phi) is 13.5. The molecule has 3 amide bonds. The van der Waals surface area contributed by atoms with Crippen molar-refractivity contribution in [1.82, 2.24) is 49.6 Å². The number of carbonyl (C=O) groups excluding carboxylic acids is 3. The van der Waals surface area contributed by atoms with Gasteiger partial charge in [0, 0.05) is 76.3 Å². The molecule has 15 nitrogen and oxygen atoms in total. The molecule has 0 spiro atoms. The van der Waals surface area contributed by atoms with E-state index in [4.69, 9.17) is 26.4 Å². The highest BCUT2D eigenvalue weighted by Gasteiger charge is 2.42. The molecule has 4 aromatic heterocycles. The van der Waals surface area contributed by atoms with E-state index in [0.29, 0.717) is 42.4 Å². The van der Waals surface area contributed by atoms with Gasteiger partial charge in [0.05, 0.1) is 24.4 Å². The molecular weight excluding hydrogens is 946 g/mol. The van der Waals surface area contributed by atoms with Gasteiger partial charge in [-0.05, 0) is 106 Å². The maximum atomic E-state index is 14.5. The smallest absolute Gasteiger partial charge is 0.248 e. The highest BCUT2D eigenvalue weighted by Crippen LogP contribution is 2.40. The zero-order valence-electron chi connectivity index (χ0n) is 41.8. The third kappa shape index (κ3) is 9.61. The van der Waals surface area contributed by atoms with Crippen molar-refractivity contribution in [2.75, 3.05) is 6.54 Å². The Morgan fingerprint density at radius 2 is 1.67 bits per heavy atom. The third-order valence-electron chi connectivity index (χ3n) is 14.4. The molecule has 1 aliphatic carbocycles. The van der Waals surface area contributed by atoms with E-state index < -0.39 is 18.1 Å². The molecule has 7 aromatic rings. The average Bonchev–Trinajstić information content (AvgIpc) is 4.19. The Balaban J connectivity index is 0.762. The summed E-state index contributed by atoms with van der Waals surface area (Å²) in [4.78, 5) is 54.8. The molecule has 372 valence electrons. The second-order valence-corrected chi connectivity index (χ2v) is 21.7. The molecule has 10 rings (SSSR count). The third-order valence-corrected chi connectivity index (χ3v) is 15.8. The molecule has 3 aliphatic rings. The summed E-state index contributed by atoms with van der Waals surface area (Å²) < 4.78 is 12.3. The van der Waals surface area contributed by atoms with E-state index in [2.05, 4.69) is 51.2 Å². The predicted molar refractivity (Wildman–Crippen MR) is 279 cm³/mol. The number of imidazole rings is 1. The Hall–Kier alpha value is -6.91. The second-order valence-electron chi connectivity index (χ2n) is 20.0. The average molecular weight is 1010 g/mol. The minimum Gasteiger partial charge on any atom is -0.490 e. The molecule has 6 heterocycles. The van der Waals surface area contributed by atoms with Crippen molar-refractivity contribution in [2.45, 2.75) is 117 Å². The maximum Gasteiger partial charge on any atom is 0.248 e. The Bertz CT molecular complexity index is 3180. The van der Waals surface area contributed by atoms with Gasteiger partial charge in [0.15, 0.2) is 5.82 Å². The lowest BCUT2D eigenvalue weighted by Gasteiger charge is -2.36. The van der Waals surface area contributed by atoms with Gasteiger partial charge in [0.1, 0.15) is 46.6 Å². The summed E-state index contributed by atoms with van der Waals surface area (Å²) in [6, 6.07) is 21.5. The SMILES string of the molecule is Cc1sc2c(c1C)C(c1ccc(Cl)cc1)=N[C@@H](CC(=O)N[C@H]1C[C@@H](Oc3cccc(-c4cnn([C@H](C(=O)N5C[C@H](C)C[C@H]5C(=O)N[C@@H](C)c5ccc(-n6ccnc6C)cc5)C(C)C)c4)c3)C1)c1nnc(C)n1-2. The van der Waals surface area contributed by atoms with Crippen LogP contribution in [0.5, 0.6) is 5.75 Å². The van der Waals surface area contributed by atoms with Gasteiger partial charge >= 0.3 is 0 Å². The zero-order valence-corrected chi connectivity index (χ0v) is 43.4. The first-order valence-electron chi connectivity index (χ1n) is 24.8. The number of likely N-dealkylation sites (tertiary alicyclic amines) is 1. The minimum atomic E-state index is -0.609. The van der Waals surface area contributed by atoms with E-state index in [1.165, 1.54) is 4.88 Å². The number of amides is 3. The number of halogens is 1. The van der Waals surface area contributed by atoms with Crippen molar-refractivity contribution in [3.8, 4) is 27.6 Å². The van der Waals surface area contributed by atoms with E-state index in [9.17, 15) is 14.4 Å². The second kappa shape index (κ2) is 19.9. The van der Waals surface area contributed by atoms with E-state index >= 15 is 0 Å². The summed E-state index contributed by atoms with van der Waals surface area (Å²) in [5, 5.41) is 21.8. The number of aromatic nitrogens is 7. The highest BCUT2D eigenvalue weighted by atomic mass is 35.5. The minimum absolute atomic E-state index is 0.0470. The van der Waals surface area contributed by atoms with Crippen LogP contribution in [-0.4, -0.2) is 87.2 Å². The van der Waals surface area contributed by atoms with Gasteiger partial charge in [-0.15, -0.1) is 21.5 Å². The molecular formula is C55H60ClN11O4S. The Morgan fingerprint density at radius 3 is 2.39 bits per heavy atom. The zero-order chi connectivity index (χ0) is 50.5. The molecule has 1 saturated carbocycles. The van der Waals surface area contributed by atoms with Crippen molar-refractivity contribution in [3.63, 3.8) is 0 Å². The summed E-state index contributed by atoms with van der Waals surface area (Å²) in [5.74, 6) is 2.66. The van der Waals surface area contributed by atoms with Crippen LogP contribution in [0.25, 0.3) is 21.8 Å². The molecule has 3 aromatic carbocycles. The summed E-state index contributed by atoms with van der Waals surface area (Å²) in [6.07, 6.45) is 9.32. The summed E-state index contributed by atoms with van der Waals surface area (Å²) >= 11 is 7.97. The van der Waals surface area contributed by atoms with Crippen molar-refractivity contribution in [2.24, 2.45) is 16.8 Å². The van der Waals surface area contributed by atoms with Gasteiger partial charge in [-0.2, -0.15) is 5.10 Å². The van der Waals surface area contributed by atoms with Crippen molar-refractivity contribution < 1.29 is 19.1 Å². The number of hydrogen-bond donors (Lipinski definition) is 2. The molecule has 2 fully saturated rings. The maximum absolute atomic E-state index is 14.5. The number of carbonyl (C=O) groups is 3. The van der Waals surface area contributed by atoms with Crippen LogP contribution in [0.4, 0.5) is 0 Å². The lowest BCUT2D eigenvalue weighted by Crippen LogP contribution is -2.49. The van der Waals surface area contributed by atoms with Crippen LogP contribution in [0, 0.1) is 39.5 Å². The van der Waals surface area contributed by atoms with E-state index in [1.807, 2.05) is 124 Å². The fourth-order valence-electron chi connectivity index (χ4n) is 10.3. The molecule has 0 bridgehead atoms. The standard InChI is InChI=1S/C55H60ClN11O4S/c1-30(2)51(54(70)65-28-31(3)22-47(65)53(69)59-33(5)37-14-18-43(19-15-37)64-21-20-57-35(64)7)66-29-40(27-58-66)39-10-9-11-44(23-39)71-45-24-42(25-45)60-48(68)26-46-52-63-62-36(8)67(52)55-49(32(4)34(6)72-55)50(61-46)38-12-16-41(56)17-13-38/h9-21,23,27,29-31,33,42,45-47,51H,22,24-26,28H2,1-8H3,(H,59,69)(H,60,68)/t31-,33+,42-,45+,46+,47+,51+/m1/s1. The van der Waals surface area contributed by atoms with Crippen molar-refractivity contribution in [1.29, 1.82) is 0 Å². The normalized spacial score (nSPS) is 20.2. The number of aryl methyl sites for hydroxylation is 3. The van der Waals surface area contributed by atoms with Gasteiger partial charge in [-0.1, -0.05) is 68.8 Å². The summed E-state index contributed by atoms with van der Waals surface area (Å²) in [6.45, 7) is 16.7. The van der Waals surface area contributed by atoms with Crippen molar-refractivity contribution >= 4 is 46.4 Å². The molecule has 17 heteroatoms. The van der Waals surface area contributed by atoms with Crippen LogP contribution in [0.1, 0.15) is 116 Å². The summed E-state index contributed by atoms with van der Waals surface area (Å²) in [7, 11) is 0. The number of ether oxygens (including phenoxy) is 1. The van der Waals surface area contributed by atoms with E-state index in [-0.39, 0.29) is 54.2 Å². The number of aliphatic imine (C=N–C) groups is 1. The molecule has 72 heavy (non-hydrogen) atoms. The van der Waals surface area contributed by atoms with Gasteiger partial charge < -0.3 is 24.8 Å². The molecule has 2 N–H and O–H groups in total. The molecule has 0 unspecified atom stereocenters. The van der Waals surface area contributed by atoms with Crippen molar-refractivity contribution in [3.05, 3.63) is 147 Å². The predicted octanol–water partition coefficient (Wildman–Crippen LogP) is 9.58. The number of benzene rings is 3. The quantitative estimate of drug-likeness (QED) is 0.109. The largest absolute Gasteiger partial charge is 0.490 e. The molecule has 5 atom stereocenters. The first-order valence-corrected chi connectivity index (χ1v) is 26.0. The van der Waals surface area contributed by atoms with Gasteiger partial charge in [-0.25, -0.2) is 4.98 Å². The first-order chi connectivity index (χ1) is 34.6. The van der Waals surface area contributed by atoms with E-state index in [0.717, 1.165) is 61.4 Å². The van der Waals surface area contributed by atoms with Crippen LogP contribution >= 0.6 is 22.9 Å². The monoisotopic (exact) mass is 1010 g/mol. The summed E-state index contributed by atoms with van der Waals surface area (Å²) in [5.41, 5.74) is 7.60.